The fourth-order valence-corrected chi connectivity index (χ4v) is 2.88. The van der Waals surface area contributed by atoms with Gasteiger partial charge in [-0.15, -0.1) is 0 Å². The van der Waals surface area contributed by atoms with E-state index in [-0.39, 0.29) is 36.4 Å². The van der Waals surface area contributed by atoms with Crippen LogP contribution in [0, 0.1) is 0 Å². The van der Waals surface area contributed by atoms with Crippen molar-refractivity contribution in [2.45, 2.75) is 38.6 Å². The molecule has 0 aliphatic carbocycles. The van der Waals surface area contributed by atoms with Crippen LogP contribution in [0.3, 0.4) is 0 Å². The highest BCUT2D eigenvalue weighted by Gasteiger charge is 2.24. The van der Waals surface area contributed by atoms with Crippen LogP contribution in [0.1, 0.15) is 37.3 Å². The number of rotatable bonds is 8. The fourth-order valence-electron chi connectivity index (χ4n) is 2.88. The van der Waals surface area contributed by atoms with Gasteiger partial charge in [0.2, 0.25) is 5.91 Å². The van der Waals surface area contributed by atoms with Gasteiger partial charge >= 0.3 is 5.97 Å². The van der Waals surface area contributed by atoms with Gasteiger partial charge in [-0.1, -0.05) is 43.3 Å². The van der Waals surface area contributed by atoms with Crippen LogP contribution in [0.5, 0.6) is 11.5 Å². The number of benzene rings is 2. The summed E-state index contributed by atoms with van der Waals surface area (Å²) in [4.78, 5) is 24.7. The number of carbonyl (C=O) groups excluding carboxylic acids is 2. The molecule has 6 nitrogen and oxygen atoms in total. The maximum Gasteiger partial charge on any atom is 0.328 e. The molecule has 27 heavy (non-hydrogen) atoms. The van der Waals surface area contributed by atoms with E-state index in [1.165, 1.54) is 12.1 Å². The van der Waals surface area contributed by atoms with Gasteiger partial charge in [0, 0.05) is 18.9 Å². The number of carbonyl (C=O) groups is 2. The number of nitrogens with one attached hydrogen (secondary N) is 1. The van der Waals surface area contributed by atoms with Crippen molar-refractivity contribution in [2.75, 3.05) is 6.61 Å². The summed E-state index contributed by atoms with van der Waals surface area (Å²) in [5.41, 5.74) is 1.47. The lowest BCUT2D eigenvalue weighted by molar-refractivity contribution is -0.147. The molecule has 0 radical (unpaired) electrons. The zero-order valence-electron chi connectivity index (χ0n) is 15.5. The minimum atomic E-state index is -0.777. The Morgan fingerprint density at radius 3 is 2.44 bits per heavy atom. The minimum Gasteiger partial charge on any atom is -0.508 e. The number of esters is 1. The molecule has 3 N–H and O–H groups in total. The van der Waals surface area contributed by atoms with Crippen molar-refractivity contribution in [2.24, 2.45) is 0 Å². The van der Waals surface area contributed by atoms with Crippen LogP contribution < -0.4 is 5.32 Å². The van der Waals surface area contributed by atoms with Crippen LogP contribution in [-0.2, 0) is 20.7 Å². The molecule has 2 aromatic rings. The molecule has 6 heteroatoms. The third-order valence-electron chi connectivity index (χ3n) is 4.23. The Bertz CT molecular complexity index is 775. The van der Waals surface area contributed by atoms with Gasteiger partial charge in [0.05, 0.1) is 6.61 Å². The predicted octanol–water partition coefficient (Wildman–Crippen LogP) is 2.88. The normalized spacial score (nSPS) is 12.8. The van der Waals surface area contributed by atoms with Crippen LogP contribution in [0.25, 0.3) is 0 Å². The van der Waals surface area contributed by atoms with Gasteiger partial charge in [-0.2, -0.15) is 0 Å². The smallest absolute Gasteiger partial charge is 0.328 e. The standard InChI is InChI=1S/C21H25NO5/c1-3-27-21(26)18(12-15-7-5-4-6-8-15)22-20(25)11-14(2)17-10-9-16(23)13-19(17)24/h4-10,13-14,18,23-24H,3,11-12H2,1-2H3,(H,22,25). The second-order valence-corrected chi connectivity index (χ2v) is 6.41. The van der Waals surface area contributed by atoms with Crippen LogP contribution in [0.2, 0.25) is 0 Å². The van der Waals surface area contributed by atoms with Gasteiger partial charge in [0.25, 0.3) is 0 Å². The number of phenolic OH excluding ortho intramolecular Hbond substituents is 2. The zero-order chi connectivity index (χ0) is 19.8. The summed E-state index contributed by atoms with van der Waals surface area (Å²) in [5, 5.41) is 22.1. The minimum absolute atomic E-state index is 0.0434. The van der Waals surface area contributed by atoms with E-state index in [2.05, 4.69) is 5.32 Å². The van der Waals surface area contributed by atoms with Crippen LogP contribution >= 0.6 is 0 Å². The highest BCUT2D eigenvalue weighted by molar-refractivity contribution is 5.85. The molecule has 1 amide bonds. The van der Waals surface area contributed by atoms with E-state index in [1.54, 1.807) is 19.9 Å². The third kappa shape index (κ3) is 6.02. The number of phenols is 2. The van der Waals surface area contributed by atoms with E-state index in [9.17, 15) is 19.8 Å². The lowest BCUT2D eigenvalue weighted by Gasteiger charge is -2.19. The molecule has 2 aromatic carbocycles. The van der Waals surface area contributed by atoms with E-state index >= 15 is 0 Å². The number of ether oxygens (including phenoxy) is 1. The Hall–Kier alpha value is -3.02. The number of aromatic hydroxyl groups is 2. The molecule has 2 atom stereocenters. The summed E-state index contributed by atoms with van der Waals surface area (Å²) < 4.78 is 5.08. The maximum absolute atomic E-state index is 12.5. The molecule has 0 saturated heterocycles. The quantitative estimate of drug-likeness (QED) is 0.620. The number of hydrogen-bond acceptors (Lipinski definition) is 5. The molecular weight excluding hydrogens is 346 g/mol. The average molecular weight is 371 g/mol. The van der Waals surface area contributed by atoms with Crippen LogP contribution in [-0.4, -0.2) is 34.7 Å². The molecule has 144 valence electrons. The first-order valence-corrected chi connectivity index (χ1v) is 8.92. The monoisotopic (exact) mass is 371 g/mol. The number of hydrogen-bond donors (Lipinski definition) is 3. The fraction of sp³-hybridized carbons (Fsp3) is 0.333. The highest BCUT2D eigenvalue weighted by atomic mass is 16.5. The molecule has 0 bridgehead atoms. The molecular formula is C21H25NO5. The van der Waals surface area contributed by atoms with Crippen molar-refractivity contribution < 1.29 is 24.5 Å². The van der Waals surface area contributed by atoms with E-state index in [4.69, 9.17) is 4.74 Å². The first-order chi connectivity index (χ1) is 12.9. The van der Waals surface area contributed by atoms with Crippen molar-refractivity contribution in [3.63, 3.8) is 0 Å². The Morgan fingerprint density at radius 2 is 1.81 bits per heavy atom. The van der Waals surface area contributed by atoms with Crippen LogP contribution in [0.15, 0.2) is 48.5 Å². The summed E-state index contributed by atoms with van der Waals surface area (Å²) in [7, 11) is 0. The zero-order valence-corrected chi connectivity index (χ0v) is 15.5. The first-order valence-electron chi connectivity index (χ1n) is 8.92. The van der Waals surface area contributed by atoms with Crippen LogP contribution in [0.4, 0.5) is 0 Å². The molecule has 0 aromatic heterocycles. The molecule has 0 aliphatic heterocycles. The summed E-state index contributed by atoms with van der Waals surface area (Å²) >= 11 is 0. The van der Waals surface area contributed by atoms with Gasteiger partial charge in [-0.3, -0.25) is 4.79 Å². The Labute approximate surface area is 158 Å². The summed E-state index contributed by atoms with van der Waals surface area (Å²) in [5.74, 6) is -1.19. The third-order valence-corrected chi connectivity index (χ3v) is 4.23. The second-order valence-electron chi connectivity index (χ2n) is 6.41. The molecule has 0 aliphatic rings. The summed E-state index contributed by atoms with van der Waals surface area (Å²) in [6.07, 6.45) is 0.424. The first kappa shape index (κ1) is 20.3. The predicted molar refractivity (Wildman–Crippen MR) is 102 cm³/mol. The van der Waals surface area contributed by atoms with E-state index < -0.39 is 12.0 Å². The van der Waals surface area contributed by atoms with Gasteiger partial charge in [0.1, 0.15) is 17.5 Å². The van der Waals surface area contributed by atoms with Crippen molar-refractivity contribution >= 4 is 11.9 Å². The Balaban J connectivity index is 2.04. The lowest BCUT2D eigenvalue weighted by atomic mass is 9.96. The average Bonchev–Trinajstić information content (AvgIpc) is 2.62. The number of amides is 1. The maximum atomic E-state index is 12.5. The molecule has 0 fully saturated rings. The molecule has 0 spiro atoms. The van der Waals surface area contributed by atoms with Crippen molar-refractivity contribution in [3.8, 4) is 11.5 Å². The molecule has 0 heterocycles. The van der Waals surface area contributed by atoms with Crippen molar-refractivity contribution in [1.29, 1.82) is 0 Å². The molecule has 0 saturated carbocycles. The van der Waals surface area contributed by atoms with Gasteiger partial charge in [0.15, 0.2) is 0 Å². The molecule has 2 rings (SSSR count). The summed E-state index contributed by atoms with van der Waals surface area (Å²) in [6.45, 7) is 3.75. The Morgan fingerprint density at radius 1 is 1.11 bits per heavy atom. The largest absolute Gasteiger partial charge is 0.508 e. The van der Waals surface area contributed by atoms with Gasteiger partial charge < -0.3 is 20.3 Å². The van der Waals surface area contributed by atoms with E-state index in [1.807, 2.05) is 30.3 Å². The summed E-state index contributed by atoms with van der Waals surface area (Å²) in [6, 6.07) is 12.9. The van der Waals surface area contributed by atoms with Gasteiger partial charge in [-0.25, -0.2) is 4.79 Å². The van der Waals surface area contributed by atoms with Crippen molar-refractivity contribution in [3.05, 3.63) is 59.7 Å². The van der Waals surface area contributed by atoms with Crippen molar-refractivity contribution in [1.82, 2.24) is 5.32 Å². The SMILES string of the molecule is CCOC(=O)C(Cc1ccccc1)NC(=O)CC(C)c1ccc(O)cc1O. The highest BCUT2D eigenvalue weighted by Crippen LogP contribution is 2.30. The Kier molecular flexibility index (Phi) is 7.23. The van der Waals surface area contributed by atoms with E-state index in [0.29, 0.717) is 12.0 Å². The topological polar surface area (TPSA) is 95.9 Å². The molecule has 2 unspecified atom stereocenters. The lowest BCUT2D eigenvalue weighted by Crippen LogP contribution is -2.43. The van der Waals surface area contributed by atoms with E-state index in [0.717, 1.165) is 5.56 Å². The van der Waals surface area contributed by atoms with Gasteiger partial charge in [-0.05, 0) is 30.0 Å². The second kappa shape index (κ2) is 9.62.